The quantitative estimate of drug-likeness (QED) is 0.854. The van der Waals surface area contributed by atoms with Crippen LogP contribution in [-0.4, -0.2) is 23.6 Å². The molecule has 0 aromatic carbocycles. The first-order chi connectivity index (χ1) is 8.54. The van der Waals surface area contributed by atoms with Crippen LogP contribution in [0.1, 0.15) is 54.4 Å². The predicted molar refractivity (Wildman–Crippen MR) is 73.3 cm³/mol. The van der Waals surface area contributed by atoms with Gasteiger partial charge in [-0.15, -0.1) is 0 Å². The number of anilines is 1. The van der Waals surface area contributed by atoms with E-state index in [1.54, 1.807) is 0 Å². The Balaban J connectivity index is 2.12. The summed E-state index contributed by atoms with van der Waals surface area (Å²) in [7, 11) is 1.40. The molecule has 0 spiro atoms. The molecule has 0 saturated heterocycles. The Morgan fingerprint density at radius 2 is 2.06 bits per heavy atom. The molecule has 1 N–H and O–H groups in total. The Morgan fingerprint density at radius 3 is 2.67 bits per heavy atom. The van der Waals surface area contributed by atoms with Crippen molar-refractivity contribution in [3.8, 4) is 0 Å². The lowest BCUT2D eigenvalue weighted by molar-refractivity contribution is 0.0605. The summed E-state index contributed by atoms with van der Waals surface area (Å²) in [5, 5.41) is 4.33. The number of aromatic nitrogens is 1. The van der Waals surface area contributed by atoms with Gasteiger partial charge in [0, 0.05) is 5.54 Å². The monoisotopic (exact) mass is 268 g/mol. The SMILES string of the molecule is COC(=O)c1sc(NC2(C)CCCCC2)nc1C. The molecular formula is C13H20N2O2S. The van der Waals surface area contributed by atoms with E-state index in [1.807, 2.05) is 6.92 Å². The van der Waals surface area contributed by atoms with Crippen molar-refractivity contribution in [3.63, 3.8) is 0 Å². The summed E-state index contributed by atoms with van der Waals surface area (Å²) < 4.78 is 4.75. The van der Waals surface area contributed by atoms with Crippen LogP contribution in [0.5, 0.6) is 0 Å². The molecule has 0 amide bonds. The highest BCUT2D eigenvalue weighted by atomic mass is 32.1. The molecule has 1 aromatic rings. The van der Waals surface area contributed by atoms with E-state index < -0.39 is 0 Å². The number of esters is 1. The lowest BCUT2D eigenvalue weighted by Crippen LogP contribution is -2.36. The van der Waals surface area contributed by atoms with Gasteiger partial charge in [-0.25, -0.2) is 9.78 Å². The topological polar surface area (TPSA) is 51.2 Å². The fourth-order valence-corrected chi connectivity index (χ4v) is 3.48. The molecule has 2 rings (SSSR count). The standard InChI is InChI=1S/C13H20N2O2S/c1-9-10(11(16)17-3)18-12(14-9)15-13(2)7-5-4-6-8-13/h4-8H2,1-3H3,(H,14,15). The van der Waals surface area contributed by atoms with E-state index in [0.29, 0.717) is 4.88 Å². The number of aryl methyl sites for hydroxylation is 1. The van der Waals surface area contributed by atoms with Crippen LogP contribution in [0.4, 0.5) is 5.13 Å². The lowest BCUT2D eigenvalue weighted by atomic mass is 9.83. The summed E-state index contributed by atoms with van der Waals surface area (Å²) >= 11 is 1.39. The fourth-order valence-electron chi connectivity index (χ4n) is 2.45. The number of carbonyl (C=O) groups is 1. The van der Waals surface area contributed by atoms with Crippen LogP contribution < -0.4 is 5.32 Å². The molecule has 1 aliphatic carbocycles. The van der Waals surface area contributed by atoms with Crippen molar-refractivity contribution >= 4 is 22.4 Å². The van der Waals surface area contributed by atoms with Crippen molar-refractivity contribution in [2.24, 2.45) is 0 Å². The van der Waals surface area contributed by atoms with Crippen molar-refractivity contribution < 1.29 is 9.53 Å². The van der Waals surface area contributed by atoms with Crippen molar-refractivity contribution in [3.05, 3.63) is 10.6 Å². The smallest absolute Gasteiger partial charge is 0.350 e. The third-order valence-corrected chi connectivity index (χ3v) is 4.59. The lowest BCUT2D eigenvalue weighted by Gasteiger charge is -2.34. The third-order valence-electron chi connectivity index (χ3n) is 3.53. The van der Waals surface area contributed by atoms with Crippen molar-refractivity contribution in [2.75, 3.05) is 12.4 Å². The average molecular weight is 268 g/mol. The second kappa shape index (κ2) is 5.26. The Hall–Kier alpha value is -1.10. The maximum Gasteiger partial charge on any atom is 0.350 e. The largest absolute Gasteiger partial charge is 0.465 e. The third kappa shape index (κ3) is 2.83. The molecule has 0 aliphatic heterocycles. The van der Waals surface area contributed by atoms with Gasteiger partial charge in [0.1, 0.15) is 4.88 Å². The van der Waals surface area contributed by atoms with E-state index in [9.17, 15) is 4.79 Å². The second-order valence-electron chi connectivity index (χ2n) is 5.17. The summed E-state index contributed by atoms with van der Waals surface area (Å²) in [6.07, 6.45) is 6.18. The Kier molecular flexibility index (Phi) is 3.90. The van der Waals surface area contributed by atoms with Crippen LogP contribution in [0.15, 0.2) is 0 Å². The number of ether oxygens (including phenoxy) is 1. The first kappa shape index (κ1) is 13.3. The van der Waals surface area contributed by atoms with E-state index in [2.05, 4.69) is 17.2 Å². The van der Waals surface area contributed by atoms with E-state index in [4.69, 9.17) is 4.74 Å². The summed E-state index contributed by atoms with van der Waals surface area (Å²) in [4.78, 5) is 16.6. The zero-order valence-corrected chi connectivity index (χ0v) is 12.0. The zero-order valence-electron chi connectivity index (χ0n) is 11.2. The minimum absolute atomic E-state index is 0.121. The van der Waals surface area contributed by atoms with Crippen LogP contribution in [0, 0.1) is 6.92 Å². The molecule has 1 aliphatic rings. The number of nitrogens with zero attached hydrogens (tertiary/aromatic N) is 1. The van der Waals surface area contributed by atoms with E-state index in [1.165, 1.54) is 50.6 Å². The van der Waals surface area contributed by atoms with Gasteiger partial charge in [0.25, 0.3) is 0 Å². The van der Waals surface area contributed by atoms with Gasteiger partial charge in [-0.3, -0.25) is 0 Å². The number of methoxy groups -OCH3 is 1. The molecule has 0 atom stereocenters. The van der Waals surface area contributed by atoms with Crippen molar-refractivity contribution in [2.45, 2.75) is 51.5 Å². The number of carbonyl (C=O) groups excluding carboxylic acids is 1. The number of hydrogen-bond acceptors (Lipinski definition) is 5. The molecule has 0 radical (unpaired) electrons. The van der Waals surface area contributed by atoms with Gasteiger partial charge in [-0.2, -0.15) is 0 Å². The predicted octanol–water partition coefficient (Wildman–Crippen LogP) is 3.37. The summed E-state index contributed by atoms with van der Waals surface area (Å²) in [5.74, 6) is -0.299. The van der Waals surface area contributed by atoms with E-state index in [-0.39, 0.29) is 11.5 Å². The highest BCUT2D eigenvalue weighted by Gasteiger charge is 2.28. The minimum Gasteiger partial charge on any atom is -0.465 e. The molecule has 1 fully saturated rings. The second-order valence-corrected chi connectivity index (χ2v) is 6.17. The zero-order chi connectivity index (χ0) is 13.2. The minimum atomic E-state index is -0.299. The summed E-state index contributed by atoms with van der Waals surface area (Å²) in [5.41, 5.74) is 0.865. The maximum atomic E-state index is 11.5. The van der Waals surface area contributed by atoms with Crippen LogP contribution in [-0.2, 0) is 4.74 Å². The van der Waals surface area contributed by atoms with Crippen molar-refractivity contribution in [1.82, 2.24) is 4.98 Å². The first-order valence-corrected chi connectivity index (χ1v) is 7.20. The van der Waals surface area contributed by atoms with Gasteiger partial charge in [0.2, 0.25) is 0 Å². The molecule has 1 saturated carbocycles. The van der Waals surface area contributed by atoms with Crippen LogP contribution >= 0.6 is 11.3 Å². The average Bonchev–Trinajstić information content (AvgIpc) is 2.69. The Morgan fingerprint density at radius 1 is 1.39 bits per heavy atom. The molecule has 1 heterocycles. The van der Waals surface area contributed by atoms with Crippen LogP contribution in [0.3, 0.4) is 0 Å². The number of rotatable bonds is 3. The van der Waals surface area contributed by atoms with Gasteiger partial charge < -0.3 is 10.1 Å². The Labute approximate surface area is 112 Å². The highest BCUT2D eigenvalue weighted by Crippen LogP contribution is 2.33. The number of thiazole rings is 1. The van der Waals surface area contributed by atoms with Gasteiger partial charge in [-0.05, 0) is 26.7 Å². The molecule has 18 heavy (non-hydrogen) atoms. The summed E-state index contributed by atoms with van der Waals surface area (Å²) in [6, 6.07) is 0. The van der Waals surface area contributed by atoms with E-state index in [0.717, 1.165) is 10.8 Å². The van der Waals surface area contributed by atoms with Gasteiger partial charge >= 0.3 is 5.97 Å². The van der Waals surface area contributed by atoms with Crippen LogP contribution in [0.25, 0.3) is 0 Å². The molecule has 0 bridgehead atoms. The number of nitrogens with one attached hydrogen (secondary N) is 1. The molecule has 4 nitrogen and oxygen atoms in total. The van der Waals surface area contributed by atoms with Gasteiger partial charge in [-0.1, -0.05) is 30.6 Å². The summed E-state index contributed by atoms with van der Waals surface area (Å²) in [6.45, 7) is 4.08. The van der Waals surface area contributed by atoms with Gasteiger partial charge in [0.15, 0.2) is 5.13 Å². The highest BCUT2D eigenvalue weighted by molar-refractivity contribution is 7.17. The Bertz CT molecular complexity index is 436. The normalized spacial score (nSPS) is 18.4. The molecular weight excluding hydrogens is 248 g/mol. The first-order valence-electron chi connectivity index (χ1n) is 6.38. The number of hydrogen-bond donors (Lipinski definition) is 1. The fraction of sp³-hybridized carbons (Fsp3) is 0.692. The molecule has 5 heteroatoms. The molecule has 1 aromatic heterocycles. The molecule has 100 valence electrons. The molecule has 0 unspecified atom stereocenters. The van der Waals surface area contributed by atoms with E-state index >= 15 is 0 Å². The maximum absolute atomic E-state index is 11.5. The van der Waals surface area contributed by atoms with Gasteiger partial charge in [0.05, 0.1) is 12.8 Å². The van der Waals surface area contributed by atoms with Crippen LogP contribution in [0.2, 0.25) is 0 Å². The van der Waals surface area contributed by atoms with Crippen molar-refractivity contribution in [1.29, 1.82) is 0 Å².